The van der Waals surface area contributed by atoms with Crippen LogP contribution in [0.3, 0.4) is 0 Å². The normalized spacial score (nSPS) is 11.9. The summed E-state index contributed by atoms with van der Waals surface area (Å²) >= 11 is 1.32. The van der Waals surface area contributed by atoms with E-state index in [2.05, 4.69) is 0 Å². The SMILES string of the molecule is Cc1cc(C(=O)COC(=O)CSc2ccc3c4c(cccc24)C(=O)c2ccccc2-3)c(C)n1-c1ccc(F)cc1. The monoisotopic (exact) mass is 549 g/mol. The molecule has 4 aromatic carbocycles. The number of ether oxygens (including phenoxy) is 1. The summed E-state index contributed by atoms with van der Waals surface area (Å²) in [5, 5.41) is 1.79. The van der Waals surface area contributed by atoms with Gasteiger partial charge in [0.25, 0.3) is 0 Å². The van der Waals surface area contributed by atoms with Gasteiger partial charge < -0.3 is 9.30 Å². The Balaban J connectivity index is 1.16. The number of hydrogen-bond acceptors (Lipinski definition) is 5. The minimum Gasteiger partial charge on any atom is -0.457 e. The molecule has 0 spiro atoms. The molecule has 0 atom stereocenters. The molecule has 1 heterocycles. The van der Waals surface area contributed by atoms with Crippen LogP contribution in [-0.2, 0) is 9.53 Å². The van der Waals surface area contributed by atoms with Crippen molar-refractivity contribution in [3.8, 4) is 16.8 Å². The molecule has 0 unspecified atom stereocenters. The van der Waals surface area contributed by atoms with Crippen molar-refractivity contribution in [2.75, 3.05) is 12.4 Å². The van der Waals surface area contributed by atoms with Gasteiger partial charge >= 0.3 is 5.97 Å². The van der Waals surface area contributed by atoms with Crippen molar-refractivity contribution in [3.05, 3.63) is 119 Å². The van der Waals surface area contributed by atoms with Crippen molar-refractivity contribution in [2.45, 2.75) is 18.7 Å². The van der Waals surface area contributed by atoms with Crippen molar-refractivity contribution in [2.24, 2.45) is 0 Å². The standard InChI is InChI=1S/C33H24FNO4S/c1-19-16-28(20(2)35(19)22-12-10-21(34)11-13-22)29(36)17-39-31(37)18-40-30-15-14-24-23-6-3-4-7-25(23)33(38)27-9-5-8-26(30)32(24)27/h3-16H,17-18H2,1-2H3. The summed E-state index contributed by atoms with van der Waals surface area (Å²) in [4.78, 5) is 39.6. The van der Waals surface area contributed by atoms with E-state index in [1.807, 2.05) is 73.0 Å². The Morgan fingerprint density at radius 3 is 2.35 bits per heavy atom. The number of ketones is 2. The highest BCUT2D eigenvalue weighted by atomic mass is 32.2. The van der Waals surface area contributed by atoms with Crippen LogP contribution in [0.5, 0.6) is 0 Å². The molecule has 0 saturated heterocycles. The molecule has 1 aliphatic rings. The number of halogens is 1. The van der Waals surface area contributed by atoms with E-state index in [0.717, 1.165) is 38.2 Å². The maximum atomic E-state index is 13.4. The van der Waals surface area contributed by atoms with Gasteiger partial charge in [-0.1, -0.05) is 48.5 Å². The molecule has 1 aliphatic carbocycles. The zero-order valence-electron chi connectivity index (χ0n) is 21.9. The smallest absolute Gasteiger partial charge is 0.316 e. The molecule has 0 bridgehead atoms. The molecule has 7 heteroatoms. The lowest BCUT2D eigenvalue weighted by atomic mass is 9.83. The average molecular weight is 550 g/mol. The van der Waals surface area contributed by atoms with E-state index in [-0.39, 0.29) is 29.7 Å². The van der Waals surface area contributed by atoms with Gasteiger partial charge in [-0.05, 0) is 66.8 Å². The number of rotatable bonds is 7. The molecule has 0 radical (unpaired) electrons. The van der Waals surface area contributed by atoms with E-state index in [1.54, 1.807) is 18.2 Å². The number of esters is 1. The van der Waals surface area contributed by atoms with Gasteiger partial charge in [0, 0.05) is 44.0 Å². The highest BCUT2D eigenvalue weighted by molar-refractivity contribution is 8.00. The first-order chi connectivity index (χ1) is 19.3. The molecular weight excluding hydrogens is 525 g/mol. The van der Waals surface area contributed by atoms with Crippen molar-refractivity contribution >= 4 is 40.1 Å². The fourth-order valence-electron chi connectivity index (χ4n) is 5.42. The third-order valence-electron chi connectivity index (χ3n) is 7.23. The maximum absolute atomic E-state index is 13.4. The van der Waals surface area contributed by atoms with Crippen LogP contribution in [0.15, 0.2) is 89.8 Å². The molecule has 0 amide bonds. The summed E-state index contributed by atoms with van der Waals surface area (Å²) in [7, 11) is 0. The molecule has 0 aliphatic heterocycles. The summed E-state index contributed by atoms with van der Waals surface area (Å²) in [5.41, 5.74) is 5.96. The summed E-state index contributed by atoms with van der Waals surface area (Å²) in [6, 6.07) is 25.0. The second-order valence-corrected chi connectivity index (χ2v) is 10.7. The number of nitrogens with zero attached hydrogens (tertiary/aromatic N) is 1. The van der Waals surface area contributed by atoms with Gasteiger partial charge in [-0.3, -0.25) is 14.4 Å². The number of aromatic nitrogens is 1. The molecule has 5 nitrogen and oxygen atoms in total. The van der Waals surface area contributed by atoms with Crippen molar-refractivity contribution in [3.63, 3.8) is 0 Å². The highest BCUT2D eigenvalue weighted by Crippen LogP contribution is 2.42. The van der Waals surface area contributed by atoms with Gasteiger partial charge in [0.1, 0.15) is 5.82 Å². The third-order valence-corrected chi connectivity index (χ3v) is 8.28. The second-order valence-electron chi connectivity index (χ2n) is 9.68. The second kappa shape index (κ2) is 10.2. The fraction of sp³-hybridized carbons (Fsp3) is 0.121. The van der Waals surface area contributed by atoms with Crippen LogP contribution < -0.4 is 0 Å². The summed E-state index contributed by atoms with van der Waals surface area (Å²) in [6.07, 6.45) is 0. The molecule has 0 N–H and O–H groups in total. The zero-order chi connectivity index (χ0) is 28.0. The van der Waals surface area contributed by atoms with Crippen molar-refractivity contribution < 1.29 is 23.5 Å². The van der Waals surface area contributed by atoms with Crippen LogP contribution in [0.2, 0.25) is 0 Å². The molecule has 0 fully saturated rings. The molecular formula is C33H24FNO4S. The number of fused-ring (bicyclic) bond motifs is 2. The molecule has 5 aromatic rings. The predicted molar refractivity (Wildman–Crippen MR) is 154 cm³/mol. The van der Waals surface area contributed by atoms with E-state index in [9.17, 15) is 18.8 Å². The van der Waals surface area contributed by atoms with Gasteiger partial charge in [-0.25, -0.2) is 4.39 Å². The van der Waals surface area contributed by atoms with E-state index in [0.29, 0.717) is 22.4 Å². The van der Waals surface area contributed by atoms with Crippen LogP contribution in [0.1, 0.15) is 37.7 Å². The van der Waals surface area contributed by atoms with E-state index in [4.69, 9.17) is 4.74 Å². The summed E-state index contributed by atoms with van der Waals surface area (Å²) in [5.74, 6) is -1.14. The number of carbonyl (C=O) groups is 3. The van der Waals surface area contributed by atoms with Crippen molar-refractivity contribution in [1.82, 2.24) is 4.57 Å². The first-order valence-electron chi connectivity index (χ1n) is 12.8. The van der Waals surface area contributed by atoms with Crippen LogP contribution in [0, 0.1) is 19.7 Å². The Labute approximate surface area is 234 Å². The predicted octanol–water partition coefficient (Wildman–Crippen LogP) is 7.12. The zero-order valence-corrected chi connectivity index (χ0v) is 22.7. The average Bonchev–Trinajstić information content (AvgIpc) is 3.27. The lowest BCUT2D eigenvalue weighted by molar-refractivity contribution is -0.139. The largest absolute Gasteiger partial charge is 0.457 e. The number of aryl methyl sites for hydroxylation is 1. The van der Waals surface area contributed by atoms with Crippen LogP contribution in [0.25, 0.3) is 27.6 Å². The number of Topliss-reactive ketones (excluding diaryl/α,β-unsaturated/α-hetero) is 1. The molecule has 1 aromatic heterocycles. The Morgan fingerprint density at radius 1 is 0.850 bits per heavy atom. The van der Waals surface area contributed by atoms with Crippen LogP contribution >= 0.6 is 11.8 Å². The first kappa shape index (κ1) is 25.8. The minimum absolute atomic E-state index is 0.00689. The molecule has 198 valence electrons. The van der Waals surface area contributed by atoms with Gasteiger partial charge in [0.2, 0.25) is 5.78 Å². The van der Waals surface area contributed by atoms with Gasteiger partial charge in [-0.2, -0.15) is 0 Å². The Morgan fingerprint density at radius 2 is 1.57 bits per heavy atom. The van der Waals surface area contributed by atoms with Gasteiger partial charge in [-0.15, -0.1) is 11.8 Å². The third kappa shape index (κ3) is 4.42. The van der Waals surface area contributed by atoms with E-state index in [1.165, 1.54) is 23.9 Å². The molecule has 40 heavy (non-hydrogen) atoms. The quantitative estimate of drug-likeness (QED) is 0.121. The summed E-state index contributed by atoms with van der Waals surface area (Å²) in [6.45, 7) is 3.30. The summed E-state index contributed by atoms with van der Waals surface area (Å²) < 4.78 is 20.6. The lowest BCUT2D eigenvalue weighted by Crippen LogP contribution is -2.16. The highest BCUT2D eigenvalue weighted by Gasteiger charge is 2.26. The number of benzene rings is 4. The first-order valence-corrected chi connectivity index (χ1v) is 13.8. The Kier molecular flexibility index (Phi) is 6.60. The van der Waals surface area contributed by atoms with Gasteiger partial charge in [0.15, 0.2) is 12.4 Å². The number of hydrogen-bond donors (Lipinski definition) is 0. The topological polar surface area (TPSA) is 65.4 Å². The number of thioether (sulfide) groups is 1. The Hall–Kier alpha value is -4.49. The molecule has 0 saturated carbocycles. The van der Waals surface area contributed by atoms with E-state index >= 15 is 0 Å². The minimum atomic E-state index is -0.507. The van der Waals surface area contributed by atoms with Crippen molar-refractivity contribution in [1.29, 1.82) is 0 Å². The van der Waals surface area contributed by atoms with Gasteiger partial charge in [0.05, 0.1) is 5.75 Å². The number of carbonyl (C=O) groups excluding carboxylic acids is 3. The maximum Gasteiger partial charge on any atom is 0.316 e. The van der Waals surface area contributed by atoms with Crippen LogP contribution in [-0.4, -0.2) is 34.5 Å². The lowest BCUT2D eigenvalue weighted by Gasteiger charge is -2.21. The van der Waals surface area contributed by atoms with Crippen LogP contribution in [0.4, 0.5) is 4.39 Å². The Bertz CT molecular complexity index is 1840. The fourth-order valence-corrected chi connectivity index (χ4v) is 6.26. The van der Waals surface area contributed by atoms with E-state index < -0.39 is 5.97 Å². The molecule has 6 rings (SSSR count).